The summed E-state index contributed by atoms with van der Waals surface area (Å²) in [6.45, 7) is 0.518. The Bertz CT molecular complexity index is 1160. The van der Waals surface area contributed by atoms with Crippen molar-refractivity contribution in [2.24, 2.45) is 0 Å². The van der Waals surface area contributed by atoms with E-state index in [0.29, 0.717) is 5.56 Å². The minimum atomic E-state index is -5.64. The molecule has 2 aromatic carbocycles. The number of anilines is 1. The fourth-order valence-corrected chi connectivity index (χ4v) is 4.02. The number of hydrogen-bond acceptors (Lipinski definition) is 8. The smallest absolute Gasteiger partial charge is 0.462 e. The molecule has 3 rings (SSSR count). The third-order valence-electron chi connectivity index (χ3n) is 5.11. The third kappa shape index (κ3) is 6.02. The molecule has 1 amide bonds. The molecule has 5 N–H and O–H groups in total. The Labute approximate surface area is 198 Å². The van der Waals surface area contributed by atoms with Crippen molar-refractivity contribution < 1.29 is 51.2 Å². The lowest BCUT2D eigenvalue weighted by molar-refractivity contribution is -0.244. The van der Waals surface area contributed by atoms with Crippen molar-refractivity contribution in [2.75, 3.05) is 11.3 Å². The minimum absolute atomic E-state index is 0.101. The summed E-state index contributed by atoms with van der Waals surface area (Å²) in [4.78, 5) is 11.6. The molecule has 10 nitrogen and oxygen atoms in total. The predicted molar refractivity (Wildman–Crippen MR) is 116 cm³/mol. The molecule has 0 radical (unpaired) electrons. The summed E-state index contributed by atoms with van der Waals surface area (Å²) in [6, 6.07) is 10.1. The molecule has 192 valence electrons. The van der Waals surface area contributed by atoms with Crippen LogP contribution in [0.1, 0.15) is 6.92 Å². The maximum absolute atomic E-state index is 12.7. The molecule has 0 unspecified atom stereocenters. The van der Waals surface area contributed by atoms with Crippen molar-refractivity contribution in [2.45, 2.75) is 43.1 Å². The van der Waals surface area contributed by atoms with Crippen LogP contribution in [0.15, 0.2) is 48.5 Å². The van der Waals surface area contributed by atoms with Crippen molar-refractivity contribution in [1.82, 2.24) is 5.32 Å². The molecule has 1 heterocycles. The lowest BCUT2D eigenvalue weighted by Gasteiger charge is -2.42. The highest BCUT2D eigenvalue weighted by atomic mass is 32.2. The number of amides is 1. The highest BCUT2D eigenvalue weighted by Gasteiger charge is 2.47. The van der Waals surface area contributed by atoms with Crippen molar-refractivity contribution >= 4 is 21.6 Å². The number of alkyl halides is 3. The Morgan fingerprint density at radius 2 is 1.80 bits per heavy atom. The van der Waals surface area contributed by atoms with Gasteiger partial charge in [-0.3, -0.25) is 9.52 Å². The van der Waals surface area contributed by atoms with Gasteiger partial charge in [0.05, 0.1) is 6.61 Å². The standard InChI is InChI=1S/C21H23F3N2O8S/c1-11(28)25-17-19(30)18(29)16(10-27)34-20(17)33-15-8-3-2-7-14(15)12-5-4-6-13(9-12)26-35(31,32)21(22,23)24/h2-9,16-20,26-27,29-30H,10H2,1H3,(H,25,28)/t16-,17-,18+,19-,20-/m1/s1. The Balaban J connectivity index is 1.94. The number of benzene rings is 2. The average molecular weight is 520 g/mol. The van der Waals surface area contributed by atoms with Gasteiger partial charge in [-0.1, -0.05) is 30.3 Å². The van der Waals surface area contributed by atoms with E-state index in [-0.39, 0.29) is 17.0 Å². The van der Waals surface area contributed by atoms with Crippen molar-refractivity contribution in [3.8, 4) is 16.9 Å². The second kappa shape index (κ2) is 10.4. The first-order chi connectivity index (χ1) is 16.3. The number of rotatable bonds is 7. The zero-order valence-electron chi connectivity index (χ0n) is 18.1. The summed E-state index contributed by atoms with van der Waals surface area (Å²) in [6.07, 6.45) is -5.68. The zero-order chi connectivity index (χ0) is 26.0. The number of aliphatic hydroxyl groups excluding tert-OH is 3. The maximum Gasteiger partial charge on any atom is 0.516 e. The van der Waals surface area contributed by atoms with E-state index in [9.17, 15) is 41.7 Å². The van der Waals surface area contributed by atoms with Crippen LogP contribution in [0.2, 0.25) is 0 Å². The first-order valence-electron chi connectivity index (χ1n) is 10.2. The van der Waals surface area contributed by atoms with Gasteiger partial charge < -0.3 is 30.1 Å². The number of para-hydroxylation sites is 1. The second-order valence-electron chi connectivity index (χ2n) is 7.68. The number of sulfonamides is 1. The lowest BCUT2D eigenvalue weighted by Crippen LogP contribution is -2.65. The van der Waals surface area contributed by atoms with E-state index < -0.39 is 58.7 Å². The molecule has 0 saturated carbocycles. The van der Waals surface area contributed by atoms with Crippen LogP contribution in [-0.4, -0.2) is 72.4 Å². The highest BCUT2D eigenvalue weighted by Crippen LogP contribution is 2.35. The van der Waals surface area contributed by atoms with Crippen molar-refractivity contribution in [3.05, 3.63) is 48.5 Å². The molecule has 0 aliphatic carbocycles. The van der Waals surface area contributed by atoms with E-state index in [4.69, 9.17) is 9.47 Å². The summed E-state index contributed by atoms with van der Waals surface area (Å²) >= 11 is 0. The fraction of sp³-hybridized carbons (Fsp3) is 0.381. The molecule has 5 atom stereocenters. The van der Waals surface area contributed by atoms with Crippen molar-refractivity contribution in [3.63, 3.8) is 0 Å². The molecule has 0 aromatic heterocycles. The van der Waals surface area contributed by atoms with Gasteiger partial charge in [0.25, 0.3) is 0 Å². The number of halogens is 3. The van der Waals surface area contributed by atoms with Gasteiger partial charge in [0.2, 0.25) is 12.2 Å². The van der Waals surface area contributed by atoms with Gasteiger partial charge in [-0.2, -0.15) is 21.6 Å². The number of nitrogens with one attached hydrogen (secondary N) is 2. The molecule has 0 bridgehead atoms. The number of aliphatic hydroxyl groups is 3. The van der Waals surface area contributed by atoms with Crippen molar-refractivity contribution in [1.29, 1.82) is 0 Å². The molecule has 1 fully saturated rings. The van der Waals surface area contributed by atoms with Gasteiger partial charge in [0.15, 0.2) is 0 Å². The number of ether oxygens (including phenoxy) is 2. The summed E-state index contributed by atoms with van der Waals surface area (Å²) in [5, 5.41) is 32.5. The van der Waals surface area contributed by atoms with E-state index in [1.807, 2.05) is 0 Å². The molecule has 1 saturated heterocycles. The first-order valence-corrected chi connectivity index (χ1v) is 11.7. The van der Waals surface area contributed by atoms with Gasteiger partial charge in [-0.05, 0) is 23.8 Å². The van der Waals surface area contributed by atoms with E-state index in [1.165, 1.54) is 35.9 Å². The molecule has 1 aliphatic heterocycles. The number of carbonyl (C=O) groups is 1. The highest BCUT2D eigenvalue weighted by molar-refractivity contribution is 7.93. The van der Waals surface area contributed by atoms with Gasteiger partial charge in [-0.15, -0.1) is 0 Å². The quantitative estimate of drug-likeness (QED) is 0.361. The predicted octanol–water partition coefficient (Wildman–Crippen LogP) is 0.938. The average Bonchev–Trinajstić information content (AvgIpc) is 2.78. The van der Waals surface area contributed by atoms with Gasteiger partial charge in [-0.25, -0.2) is 0 Å². The van der Waals surface area contributed by atoms with Crippen LogP contribution in [0.3, 0.4) is 0 Å². The SMILES string of the molecule is CC(=O)N[C@H]1[C@H](Oc2ccccc2-c2cccc(NS(=O)(=O)C(F)(F)F)c2)O[C@H](CO)[C@H](O)[C@@H]1O. The summed E-state index contributed by atoms with van der Waals surface area (Å²) in [5.74, 6) is -0.456. The Kier molecular flexibility index (Phi) is 7.91. The molecular formula is C21H23F3N2O8S. The van der Waals surface area contributed by atoms with E-state index in [1.54, 1.807) is 12.1 Å². The zero-order valence-corrected chi connectivity index (χ0v) is 19.0. The first kappa shape index (κ1) is 26.7. The summed E-state index contributed by atoms with van der Waals surface area (Å²) in [5.41, 5.74) is -5.27. The number of hydrogen-bond donors (Lipinski definition) is 5. The minimum Gasteiger partial charge on any atom is -0.462 e. The van der Waals surface area contributed by atoms with E-state index >= 15 is 0 Å². The molecule has 1 aliphatic rings. The fourth-order valence-electron chi connectivity index (χ4n) is 3.47. The maximum atomic E-state index is 12.7. The third-order valence-corrected chi connectivity index (χ3v) is 6.23. The Morgan fingerprint density at radius 1 is 1.11 bits per heavy atom. The monoisotopic (exact) mass is 520 g/mol. The Hall–Kier alpha value is -2.91. The summed E-state index contributed by atoms with van der Waals surface area (Å²) < 4.78 is 74.0. The largest absolute Gasteiger partial charge is 0.516 e. The lowest BCUT2D eigenvalue weighted by atomic mass is 9.96. The van der Waals surface area contributed by atoms with Crippen LogP contribution in [0.25, 0.3) is 11.1 Å². The molecular weight excluding hydrogens is 497 g/mol. The molecule has 2 aromatic rings. The number of carbonyl (C=O) groups excluding carboxylic acids is 1. The molecule has 0 spiro atoms. The molecule has 14 heteroatoms. The Morgan fingerprint density at radius 3 is 2.43 bits per heavy atom. The van der Waals surface area contributed by atoms with Crippen LogP contribution in [0, 0.1) is 0 Å². The van der Waals surface area contributed by atoms with Crippen LogP contribution in [-0.2, 0) is 19.6 Å². The van der Waals surface area contributed by atoms with Gasteiger partial charge in [0.1, 0.15) is 30.1 Å². The summed E-state index contributed by atoms with van der Waals surface area (Å²) in [7, 11) is -5.64. The van der Waals surface area contributed by atoms with Crippen LogP contribution >= 0.6 is 0 Å². The van der Waals surface area contributed by atoms with Crippen LogP contribution < -0.4 is 14.8 Å². The molecule has 35 heavy (non-hydrogen) atoms. The van der Waals surface area contributed by atoms with Crippen LogP contribution in [0.4, 0.5) is 18.9 Å². The topological polar surface area (TPSA) is 154 Å². The van der Waals surface area contributed by atoms with E-state index in [2.05, 4.69) is 5.32 Å². The van der Waals surface area contributed by atoms with Gasteiger partial charge >= 0.3 is 15.5 Å². The van der Waals surface area contributed by atoms with Crippen LogP contribution in [0.5, 0.6) is 5.75 Å². The second-order valence-corrected chi connectivity index (χ2v) is 9.35. The van der Waals surface area contributed by atoms with Gasteiger partial charge in [0, 0.05) is 18.2 Å². The normalized spacial score (nSPS) is 25.1. The van der Waals surface area contributed by atoms with E-state index in [0.717, 1.165) is 12.1 Å².